The largest absolute Gasteiger partial charge is 0.493 e. The Bertz CT molecular complexity index is 504. The Kier molecular flexibility index (Phi) is 11.0. The minimum Gasteiger partial charge on any atom is -0.493 e. The highest BCUT2D eigenvalue weighted by Gasteiger charge is 2.17. The van der Waals surface area contributed by atoms with E-state index in [0.29, 0.717) is 0 Å². The van der Waals surface area contributed by atoms with E-state index in [0.717, 1.165) is 74.0 Å². The molecule has 26 heavy (non-hydrogen) atoms. The minimum atomic E-state index is 0.746. The first-order chi connectivity index (χ1) is 12.5. The van der Waals surface area contributed by atoms with E-state index < -0.39 is 0 Å². The molecule has 0 unspecified atom stereocenters. The van der Waals surface area contributed by atoms with Crippen molar-refractivity contribution in [2.45, 2.75) is 27.7 Å². The molecule has 0 aromatic heterocycles. The van der Waals surface area contributed by atoms with Gasteiger partial charge in [0.05, 0.1) is 19.9 Å². The van der Waals surface area contributed by atoms with E-state index in [1.807, 2.05) is 6.07 Å². The number of ether oxygens (including phenoxy) is 2. The van der Waals surface area contributed by atoms with Crippen LogP contribution in [0.15, 0.2) is 16.6 Å². The molecule has 0 aliphatic rings. The van der Waals surface area contributed by atoms with Crippen LogP contribution in [0.5, 0.6) is 11.5 Å². The van der Waals surface area contributed by atoms with Gasteiger partial charge in [0.2, 0.25) is 0 Å². The first kappa shape index (κ1) is 23.1. The highest BCUT2D eigenvalue weighted by Crippen LogP contribution is 2.38. The first-order valence-corrected chi connectivity index (χ1v) is 10.4. The topological polar surface area (TPSA) is 28.2 Å². The molecule has 1 aromatic carbocycles. The standard InChI is InChI=1S/C20H36BrN3O2/c1-7-22(8-2)11-13-24(14-12-23(9-3)10-4)18-16-20(26-6)19(25-5)15-17(18)21/h15-16H,7-14H2,1-6H3. The lowest BCUT2D eigenvalue weighted by atomic mass is 10.2. The lowest BCUT2D eigenvalue weighted by Gasteiger charge is -2.31. The number of methoxy groups -OCH3 is 2. The van der Waals surface area contributed by atoms with Crippen LogP contribution in [0, 0.1) is 0 Å². The first-order valence-electron chi connectivity index (χ1n) is 9.65. The second kappa shape index (κ2) is 12.4. The van der Waals surface area contributed by atoms with E-state index in [1.165, 1.54) is 0 Å². The Hall–Kier alpha value is -0.980. The van der Waals surface area contributed by atoms with Gasteiger partial charge >= 0.3 is 0 Å². The van der Waals surface area contributed by atoms with Crippen molar-refractivity contribution in [2.75, 3.05) is 71.5 Å². The van der Waals surface area contributed by atoms with E-state index in [2.05, 4.69) is 64.4 Å². The fourth-order valence-corrected chi connectivity index (χ4v) is 3.62. The Morgan fingerprint density at radius 2 is 1.15 bits per heavy atom. The van der Waals surface area contributed by atoms with Crippen molar-refractivity contribution in [3.8, 4) is 11.5 Å². The molecule has 1 rings (SSSR count). The predicted molar refractivity (Wildman–Crippen MR) is 115 cm³/mol. The molecule has 6 heteroatoms. The van der Waals surface area contributed by atoms with Gasteiger partial charge in [0.1, 0.15) is 0 Å². The summed E-state index contributed by atoms with van der Waals surface area (Å²) in [6.45, 7) is 17.2. The molecule has 0 heterocycles. The smallest absolute Gasteiger partial charge is 0.162 e. The molecule has 5 nitrogen and oxygen atoms in total. The minimum absolute atomic E-state index is 0.746. The van der Waals surface area contributed by atoms with Crippen LogP contribution in [-0.2, 0) is 0 Å². The van der Waals surface area contributed by atoms with Crippen LogP contribution in [0.4, 0.5) is 5.69 Å². The van der Waals surface area contributed by atoms with E-state index in [-0.39, 0.29) is 0 Å². The van der Waals surface area contributed by atoms with Gasteiger partial charge in [-0.15, -0.1) is 0 Å². The molecule has 0 saturated carbocycles. The Morgan fingerprint density at radius 3 is 1.54 bits per heavy atom. The number of likely N-dealkylation sites (N-methyl/N-ethyl adjacent to an activating group) is 2. The second-order valence-electron chi connectivity index (χ2n) is 6.20. The van der Waals surface area contributed by atoms with Crippen LogP contribution in [0.1, 0.15) is 27.7 Å². The quantitative estimate of drug-likeness (QED) is 0.473. The van der Waals surface area contributed by atoms with Crippen molar-refractivity contribution < 1.29 is 9.47 Å². The van der Waals surface area contributed by atoms with Crippen molar-refractivity contribution in [2.24, 2.45) is 0 Å². The molecular formula is C20H36BrN3O2. The van der Waals surface area contributed by atoms with Gasteiger partial charge in [-0.3, -0.25) is 0 Å². The van der Waals surface area contributed by atoms with Crippen LogP contribution in [0.2, 0.25) is 0 Å². The Balaban J connectivity index is 3.05. The van der Waals surface area contributed by atoms with Crippen LogP contribution in [-0.4, -0.2) is 76.4 Å². The van der Waals surface area contributed by atoms with Gasteiger partial charge in [-0.25, -0.2) is 0 Å². The monoisotopic (exact) mass is 429 g/mol. The van der Waals surface area contributed by atoms with Gasteiger partial charge in [-0.2, -0.15) is 0 Å². The number of hydrogen-bond donors (Lipinski definition) is 0. The highest BCUT2D eigenvalue weighted by atomic mass is 79.9. The Labute approximate surface area is 168 Å². The summed E-state index contributed by atoms with van der Waals surface area (Å²) in [6, 6.07) is 4.07. The van der Waals surface area contributed by atoms with E-state index in [4.69, 9.17) is 9.47 Å². The number of nitrogens with zero attached hydrogens (tertiary/aromatic N) is 3. The molecule has 0 bridgehead atoms. The van der Waals surface area contributed by atoms with Crippen LogP contribution >= 0.6 is 15.9 Å². The maximum atomic E-state index is 5.52. The fourth-order valence-electron chi connectivity index (χ4n) is 3.04. The summed E-state index contributed by atoms with van der Waals surface area (Å²) in [4.78, 5) is 7.36. The molecule has 0 fully saturated rings. The van der Waals surface area contributed by atoms with Gasteiger partial charge in [0, 0.05) is 42.8 Å². The summed E-state index contributed by atoms with van der Waals surface area (Å²) in [5.41, 5.74) is 1.15. The van der Waals surface area contributed by atoms with Crippen molar-refractivity contribution in [3.05, 3.63) is 16.6 Å². The van der Waals surface area contributed by atoms with Crippen LogP contribution < -0.4 is 14.4 Å². The highest BCUT2D eigenvalue weighted by molar-refractivity contribution is 9.10. The maximum Gasteiger partial charge on any atom is 0.162 e. The number of benzene rings is 1. The van der Waals surface area contributed by atoms with Crippen molar-refractivity contribution in [1.82, 2.24) is 9.80 Å². The molecule has 0 amide bonds. The van der Waals surface area contributed by atoms with E-state index in [1.54, 1.807) is 14.2 Å². The molecule has 0 radical (unpaired) electrons. The molecule has 0 aliphatic carbocycles. The summed E-state index contributed by atoms with van der Waals surface area (Å²) in [5.74, 6) is 1.51. The third-order valence-corrected chi connectivity index (χ3v) is 5.59. The zero-order valence-corrected chi connectivity index (χ0v) is 18.9. The molecular weight excluding hydrogens is 394 g/mol. The average Bonchev–Trinajstić information content (AvgIpc) is 2.67. The van der Waals surface area contributed by atoms with Crippen LogP contribution in [0.25, 0.3) is 0 Å². The van der Waals surface area contributed by atoms with E-state index >= 15 is 0 Å². The zero-order chi connectivity index (χ0) is 19.5. The molecule has 150 valence electrons. The molecule has 0 spiro atoms. The van der Waals surface area contributed by atoms with Crippen LogP contribution in [0.3, 0.4) is 0 Å². The average molecular weight is 430 g/mol. The van der Waals surface area contributed by atoms with Crippen molar-refractivity contribution in [1.29, 1.82) is 0 Å². The predicted octanol–water partition coefficient (Wildman–Crippen LogP) is 3.96. The lowest BCUT2D eigenvalue weighted by Crippen LogP contribution is -2.40. The zero-order valence-electron chi connectivity index (χ0n) is 17.3. The lowest BCUT2D eigenvalue weighted by molar-refractivity contribution is 0.294. The summed E-state index contributed by atoms with van der Waals surface area (Å²) in [6.07, 6.45) is 0. The fraction of sp³-hybridized carbons (Fsp3) is 0.700. The number of anilines is 1. The Morgan fingerprint density at radius 1 is 0.731 bits per heavy atom. The molecule has 0 atom stereocenters. The summed E-state index contributed by atoms with van der Waals surface area (Å²) >= 11 is 3.73. The third kappa shape index (κ3) is 6.63. The third-order valence-electron chi connectivity index (χ3n) is 4.95. The second-order valence-corrected chi connectivity index (χ2v) is 7.05. The number of rotatable bonds is 13. The molecule has 0 N–H and O–H groups in total. The summed E-state index contributed by atoms with van der Waals surface area (Å²) in [5, 5.41) is 0. The maximum absolute atomic E-state index is 5.52. The van der Waals surface area contributed by atoms with Gasteiger partial charge in [0.25, 0.3) is 0 Å². The molecule has 0 saturated heterocycles. The van der Waals surface area contributed by atoms with Gasteiger partial charge in [-0.05, 0) is 42.1 Å². The molecule has 1 aromatic rings. The number of hydrogen-bond acceptors (Lipinski definition) is 5. The van der Waals surface area contributed by atoms with Crippen molar-refractivity contribution >= 4 is 21.6 Å². The van der Waals surface area contributed by atoms with Gasteiger partial charge < -0.3 is 24.2 Å². The van der Waals surface area contributed by atoms with Gasteiger partial charge in [-0.1, -0.05) is 27.7 Å². The number of halogens is 1. The normalized spacial score (nSPS) is 11.3. The summed E-state index contributed by atoms with van der Waals surface area (Å²) in [7, 11) is 3.36. The van der Waals surface area contributed by atoms with Crippen molar-refractivity contribution in [3.63, 3.8) is 0 Å². The molecule has 0 aliphatic heterocycles. The SMILES string of the molecule is CCN(CC)CCN(CCN(CC)CC)c1cc(OC)c(OC)cc1Br. The van der Waals surface area contributed by atoms with E-state index in [9.17, 15) is 0 Å². The summed E-state index contributed by atoms with van der Waals surface area (Å²) < 4.78 is 12.0. The van der Waals surface area contributed by atoms with Gasteiger partial charge in [0.15, 0.2) is 11.5 Å².